The number of nitrogens with zero attached hydrogens (tertiary/aromatic N) is 1. The Morgan fingerprint density at radius 2 is 1.70 bits per heavy atom. The lowest BCUT2D eigenvalue weighted by atomic mass is 10.0. The molecule has 2 heteroatoms. The lowest BCUT2D eigenvalue weighted by Crippen LogP contribution is -2.08. The number of hydrogen-bond acceptors (Lipinski definition) is 1. The van der Waals surface area contributed by atoms with E-state index in [0.29, 0.717) is 0 Å². The summed E-state index contributed by atoms with van der Waals surface area (Å²) in [5, 5.41) is 0. The molecule has 0 bridgehead atoms. The van der Waals surface area contributed by atoms with Crippen molar-refractivity contribution in [1.82, 2.24) is 3.11 Å². The maximum absolute atomic E-state index is 2.46. The molecule has 1 saturated carbocycles. The Morgan fingerprint density at radius 3 is 2.20 bits per heavy atom. The average molecular weight is 251 g/mol. The Balaban J connectivity index is 2.00. The van der Waals surface area contributed by atoms with Gasteiger partial charge < -0.3 is 0 Å². The van der Waals surface area contributed by atoms with E-state index in [1.54, 1.807) is 0 Å². The molecule has 1 aliphatic heterocycles. The van der Waals surface area contributed by atoms with Gasteiger partial charge in [-0.25, -0.2) is 3.11 Å². The minimum Gasteiger partial charge on any atom is -0.247 e. The molecule has 0 amide bonds. The van der Waals surface area contributed by atoms with Crippen molar-refractivity contribution in [1.29, 1.82) is 0 Å². The van der Waals surface area contributed by atoms with Crippen molar-refractivity contribution in [2.45, 2.75) is 19.8 Å². The van der Waals surface area contributed by atoms with E-state index in [2.05, 4.69) is 32.9 Å². The molecule has 1 nitrogen and oxygen atoms in total. The van der Waals surface area contributed by atoms with E-state index in [9.17, 15) is 0 Å². The lowest BCUT2D eigenvalue weighted by molar-refractivity contribution is 0.483. The van der Waals surface area contributed by atoms with Gasteiger partial charge in [0.1, 0.15) is 0 Å². The van der Waals surface area contributed by atoms with E-state index >= 15 is 0 Å². The van der Waals surface area contributed by atoms with E-state index in [1.807, 2.05) is 0 Å². The normalized spacial score (nSPS) is 48.0. The molecule has 1 saturated heterocycles. The van der Waals surface area contributed by atoms with Crippen LogP contribution in [0.4, 0.5) is 0 Å². The first kappa shape index (κ1) is 7.35. The second-order valence-corrected chi connectivity index (χ2v) is 5.29. The lowest BCUT2D eigenvalue weighted by Gasteiger charge is -2.07. The van der Waals surface area contributed by atoms with Crippen LogP contribution in [-0.4, -0.2) is 16.2 Å². The quantitative estimate of drug-likeness (QED) is 0.471. The SMILES string of the molecule is CC1C[C@@H]2CN(I)C[C@@H]2C1. The van der Waals surface area contributed by atoms with Crippen molar-refractivity contribution >= 4 is 22.9 Å². The van der Waals surface area contributed by atoms with Gasteiger partial charge in [-0.3, -0.25) is 0 Å². The summed E-state index contributed by atoms with van der Waals surface area (Å²) in [6, 6.07) is 0. The molecule has 10 heavy (non-hydrogen) atoms. The van der Waals surface area contributed by atoms with Gasteiger partial charge in [0.2, 0.25) is 0 Å². The second-order valence-electron chi connectivity index (χ2n) is 3.92. The highest BCUT2D eigenvalue weighted by Crippen LogP contribution is 2.41. The summed E-state index contributed by atoms with van der Waals surface area (Å²) in [5.41, 5.74) is 0. The van der Waals surface area contributed by atoms with Crippen molar-refractivity contribution in [3.8, 4) is 0 Å². The smallest absolute Gasteiger partial charge is 0.0201 e. The molecule has 0 aromatic rings. The number of halogens is 1. The Labute approximate surface area is 76.7 Å². The monoisotopic (exact) mass is 251 g/mol. The molecule has 0 N–H and O–H groups in total. The first-order valence-electron chi connectivity index (χ1n) is 4.16. The molecule has 2 rings (SSSR count). The zero-order valence-corrected chi connectivity index (χ0v) is 8.54. The fourth-order valence-corrected chi connectivity index (χ4v) is 3.56. The summed E-state index contributed by atoms with van der Waals surface area (Å²) in [7, 11) is 0. The highest BCUT2D eigenvalue weighted by Gasteiger charge is 2.38. The molecule has 1 unspecified atom stereocenters. The summed E-state index contributed by atoms with van der Waals surface area (Å²) in [5.74, 6) is 3.11. The van der Waals surface area contributed by atoms with E-state index in [4.69, 9.17) is 0 Å². The van der Waals surface area contributed by atoms with Crippen molar-refractivity contribution in [2.75, 3.05) is 13.1 Å². The zero-order valence-electron chi connectivity index (χ0n) is 6.39. The number of rotatable bonds is 0. The van der Waals surface area contributed by atoms with Gasteiger partial charge in [0.05, 0.1) is 0 Å². The molecule has 2 aliphatic rings. The standard InChI is InChI=1S/C8H14IN/c1-6-2-7-4-10(9)5-8(7)3-6/h6-8H,2-5H2,1H3/t6?,7-,8+. The van der Waals surface area contributed by atoms with Crippen LogP contribution in [-0.2, 0) is 0 Å². The van der Waals surface area contributed by atoms with Crippen molar-refractivity contribution in [2.24, 2.45) is 17.8 Å². The van der Waals surface area contributed by atoms with Crippen molar-refractivity contribution in [3.63, 3.8) is 0 Å². The van der Waals surface area contributed by atoms with Gasteiger partial charge in [0.25, 0.3) is 0 Å². The Bertz CT molecular complexity index is 109. The maximum Gasteiger partial charge on any atom is 0.0201 e. The fourth-order valence-electron chi connectivity index (χ4n) is 2.55. The van der Waals surface area contributed by atoms with E-state index in [1.165, 1.54) is 25.9 Å². The third-order valence-corrected chi connectivity index (χ3v) is 3.73. The first-order chi connectivity index (χ1) is 4.75. The molecule has 0 aromatic carbocycles. The van der Waals surface area contributed by atoms with E-state index < -0.39 is 0 Å². The molecular formula is C8H14IN. The summed E-state index contributed by atoms with van der Waals surface area (Å²) < 4.78 is 2.46. The molecule has 1 heterocycles. The minimum atomic E-state index is 1.01. The van der Waals surface area contributed by atoms with Gasteiger partial charge in [-0.05, 0) is 30.6 Å². The fraction of sp³-hybridized carbons (Fsp3) is 1.00. The Morgan fingerprint density at radius 1 is 1.20 bits per heavy atom. The van der Waals surface area contributed by atoms with Gasteiger partial charge in [-0.2, -0.15) is 0 Å². The highest BCUT2D eigenvalue weighted by molar-refractivity contribution is 14.1. The molecule has 1 aliphatic carbocycles. The molecule has 3 atom stereocenters. The van der Waals surface area contributed by atoms with Crippen LogP contribution in [0.25, 0.3) is 0 Å². The van der Waals surface area contributed by atoms with Gasteiger partial charge in [-0.15, -0.1) is 0 Å². The Kier molecular flexibility index (Phi) is 1.93. The van der Waals surface area contributed by atoms with Crippen LogP contribution in [0.2, 0.25) is 0 Å². The summed E-state index contributed by atoms with van der Waals surface area (Å²) in [6.45, 7) is 5.11. The second kappa shape index (κ2) is 2.63. The molecule has 2 fully saturated rings. The van der Waals surface area contributed by atoms with Gasteiger partial charge in [-0.1, -0.05) is 6.92 Å². The zero-order chi connectivity index (χ0) is 7.14. The average Bonchev–Trinajstić information content (AvgIpc) is 2.21. The Hall–Kier alpha value is 0.690. The van der Waals surface area contributed by atoms with Crippen LogP contribution in [0.15, 0.2) is 0 Å². The number of hydrogen-bond donors (Lipinski definition) is 0. The van der Waals surface area contributed by atoms with Crippen molar-refractivity contribution in [3.05, 3.63) is 0 Å². The van der Waals surface area contributed by atoms with Gasteiger partial charge in [0, 0.05) is 36.0 Å². The van der Waals surface area contributed by atoms with Crippen LogP contribution in [0, 0.1) is 17.8 Å². The molecule has 0 aromatic heterocycles. The first-order valence-corrected chi connectivity index (χ1v) is 5.13. The summed E-state index contributed by atoms with van der Waals surface area (Å²) in [6.07, 6.45) is 2.98. The third-order valence-electron chi connectivity index (χ3n) is 2.94. The van der Waals surface area contributed by atoms with Crippen LogP contribution in [0.5, 0.6) is 0 Å². The van der Waals surface area contributed by atoms with Crippen LogP contribution in [0.3, 0.4) is 0 Å². The highest BCUT2D eigenvalue weighted by atomic mass is 127. The predicted molar refractivity (Wildman–Crippen MR) is 51.0 cm³/mol. The summed E-state index contributed by atoms with van der Waals surface area (Å²) >= 11 is 2.46. The number of fused-ring (bicyclic) bond motifs is 1. The van der Waals surface area contributed by atoms with Gasteiger partial charge >= 0.3 is 0 Å². The molecule has 0 spiro atoms. The van der Waals surface area contributed by atoms with Crippen molar-refractivity contribution < 1.29 is 0 Å². The van der Waals surface area contributed by atoms with Crippen LogP contribution >= 0.6 is 22.9 Å². The molecule has 58 valence electrons. The molecule has 0 radical (unpaired) electrons. The van der Waals surface area contributed by atoms with Crippen LogP contribution in [0.1, 0.15) is 19.8 Å². The topological polar surface area (TPSA) is 3.24 Å². The van der Waals surface area contributed by atoms with Crippen LogP contribution < -0.4 is 0 Å². The van der Waals surface area contributed by atoms with E-state index in [0.717, 1.165) is 17.8 Å². The maximum atomic E-state index is 2.46. The third kappa shape index (κ3) is 1.20. The van der Waals surface area contributed by atoms with Gasteiger partial charge in [0.15, 0.2) is 0 Å². The summed E-state index contributed by atoms with van der Waals surface area (Å²) in [4.78, 5) is 0. The minimum absolute atomic E-state index is 1.01. The largest absolute Gasteiger partial charge is 0.247 e. The predicted octanol–water partition coefficient (Wildman–Crippen LogP) is 2.31. The molecular weight excluding hydrogens is 237 g/mol. The van der Waals surface area contributed by atoms with E-state index in [-0.39, 0.29) is 0 Å².